The molecular weight excluding hydrogens is 175 g/mol. The molecule has 2 radical (unpaired) electrons. The third-order valence-corrected chi connectivity index (χ3v) is 0.776. The number of hydrogen-bond acceptors (Lipinski definition) is 2. The van der Waals surface area contributed by atoms with Gasteiger partial charge in [-0.15, -0.1) is 0 Å². The molecule has 1 N–H and O–H groups in total. The Morgan fingerprint density at radius 2 is 2.40 bits per heavy atom. The van der Waals surface area contributed by atoms with Gasteiger partial charge in [0, 0.05) is 0 Å². The molecule has 0 fully saturated rings. The summed E-state index contributed by atoms with van der Waals surface area (Å²) >= 11 is 1.40. The maximum atomic E-state index is 7.58. The second-order valence-electron chi connectivity index (χ2n) is 0.583. The molecule has 5 heavy (non-hydrogen) atoms. The van der Waals surface area contributed by atoms with E-state index >= 15 is 0 Å². The fraction of sp³-hybridized carbons (Fsp3) is 1.00. The van der Waals surface area contributed by atoms with E-state index in [-0.39, 0.29) is 0 Å². The van der Waals surface area contributed by atoms with Crippen LogP contribution in [-0.4, -0.2) is 34.4 Å². The molecular formula is C2H5O2Sn+. The van der Waals surface area contributed by atoms with Crippen molar-refractivity contribution in [2.24, 2.45) is 0 Å². The van der Waals surface area contributed by atoms with Crippen LogP contribution in [-0.2, 0) is 4.89 Å². The molecule has 0 aliphatic heterocycles. The first-order valence-electron chi connectivity index (χ1n) is 1.32. The van der Waals surface area contributed by atoms with E-state index in [0.29, 0.717) is 6.61 Å². The Morgan fingerprint density at radius 3 is 2.40 bits per heavy atom. The zero-order valence-corrected chi connectivity index (χ0v) is 5.62. The standard InChI is InChI=1S/C2H5O2.Sn/c1-2-4-3;/h3H,1-2H2;/q;+1. The normalized spacial score (nSPS) is 8.20. The number of rotatable bonds is 2. The molecule has 0 bridgehead atoms. The predicted molar refractivity (Wildman–Crippen MR) is 19.1 cm³/mol. The molecule has 0 spiro atoms. The Morgan fingerprint density at radius 1 is 1.80 bits per heavy atom. The van der Waals surface area contributed by atoms with Crippen LogP contribution < -0.4 is 0 Å². The van der Waals surface area contributed by atoms with Crippen LogP contribution in [0.25, 0.3) is 0 Å². The molecule has 0 aliphatic rings. The summed E-state index contributed by atoms with van der Waals surface area (Å²) in [6.45, 7) is 0.484. The van der Waals surface area contributed by atoms with Gasteiger partial charge in [0.1, 0.15) is 0 Å². The van der Waals surface area contributed by atoms with Gasteiger partial charge < -0.3 is 0 Å². The van der Waals surface area contributed by atoms with Gasteiger partial charge in [-0.05, 0) is 0 Å². The van der Waals surface area contributed by atoms with Crippen LogP contribution in [0.4, 0.5) is 0 Å². The van der Waals surface area contributed by atoms with Gasteiger partial charge in [-0.3, -0.25) is 0 Å². The Kier molecular flexibility index (Phi) is 5.40. The fourth-order valence-electron chi connectivity index (χ4n) is 0.0456. The van der Waals surface area contributed by atoms with Crippen LogP contribution >= 0.6 is 0 Å². The van der Waals surface area contributed by atoms with Crippen molar-refractivity contribution in [1.82, 2.24) is 0 Å². The van der Waals surface area contributed by atoms with Crippen LogP contribution in [0.1, 0.15) is 0 Å². The first-order chi connectivity index (χ1) is 2.41. The zero-order valence-electron chi connectivity index (χ0n) is 2.77. The van der Waals surface area contributed by atoms with Gasteiger partial charge >= 0.3 is 43.7 Å². The van der Waals surface area contributed by atoms with Crippen molar-refractivity contribution < 1.29 is 10.1 Å². The molecule has 0 atom stereocenters. The summed E-state index contributed by atoms with van der Waals surface area (Å²) in [6.07, 6.45) is 0. The van der Waals surface area contributed by atoms with Gasteiger partial charge in [-0.1, -0.05) is 0 Å². The molecule has 0 heterocycles. The summed E-state index contributed by atoms with van der Waals surface area (Å²) in [4.78, 5) is 3.71. The average Bonchev–Trinajstić information content (AvgIpc) is 1.41. The first kappa shape index (κ1) is 5.72. The molecule has 0 aliphatic carbocycles. The summed E-state index contributed by atoms with van der Waals surface area (Å²) in [5.41, 5.74) is 0. The van der Waals surface area contributed by atoms with Crippen molar-refractivity contribution in [1.29, 1.82) is 0 Å². The molecule has 0 saturated heterocycles. The van der Waals surface area contributed by atoms with Crippen molar-refractivity contribution in [3.63, 3.8) is 0 Å². The molecule has 0 aromatic rings. The minimum absolute atomic E-state index is 0.484. The molecule has 0 amide bonds. The van der Waals surface area contributed by atoms with Gasteiger partial charge in [0.25, 0.3) is 0 Å². The molecule has 0 rings (SSSR count). The van der Waals surface area contributed by atoms with E-state index in [1.165, 1.54) is 22.5 Å². The molecule has 3 heteroatoms. The van der Waals surface area contributed by atoms with Gasteiger partial charge in [0.2, 0.25) is 0 Å². The summed E-state index contributed by atoms with van der Waals surface area (Å²) < 4.78 is 0.962. The molecule has 0 aromatic heterocycles. The summed E-state index contributed by atoms with van der Waals surface area (Å²) in [6, 6.07) is 0. The zero-order chi connectivity index (χ0) is 4.12. The van der Waals surface area contributed by atoms with Gasteiger partial charge in [-0.2, -0.15) is 0 Å². The first-order valence-corrected chi connectivity index (χ1v) is 3.34. The summed E-state index contributed by atoms with van der Waals surface area (Å²) in [7, 11) is 0. The van der Waals surface area contributed by atoms with Gasteiger partial charge in [0.05, 0.1) is 0 Å². The SMILES string of the molecule is OOC[CH2][Sn+]. The van der Waals surface area contributed by atoms with E-state index in [2.05, 4.69) is 4.89 Å². The summed E-state index contributed by atoms with van der Waals surface area (Å²) in [5.74, 6) is 0. The second-order valence-corrected chi connectivity index (χ2v) is 2.01. The molecule has 28 valence electrons. The molecule has 0 aromatic carbocycles. The summed E-state index contributed by atoms with van der Waals surface area (Å²) in [5, 5.41) is 7.58. The molecule has 0 saturated carbocycles. The third-order valence-electron chi connectivity index (χ3n) is 0.193. The number of hydrogen-bond donors (Lipinski definition) is 1. The minimum atomic E-state index is 0.484. The van der Waals surface area contributed by atoms with Crippen molar-refractivity contribution in [2.75, 3.05) is 6.61 Å². The monoisotopic (exact) mass is 181 g/mol. The Labute approximate surface area is 44.2 Å². The van der Waals surface area contributed by atoms with Crippen LogP contribution in [0, 0.1) is 0 Å². The van der Waals surface area contributed by atoms with E-state index < -0.39 is 0 Å². The van der Waals surface area contributed by atoms with E-state index in [4.69, 9.17) is 5.26 Å². The Balaban J connectivity index is 2.19. The third kappa shape index (κ3) is 4.72. The van der Waals surface area contributed by atoms with E-state index in [0.717, 1.165) is 4.44 Å². The van der Waals surface area contributed by atoms with E-state index in [1.807, 2.05) is 0 Å². The van der Waals surface area contributed by atoms with Crippen LogP contribution in [0.15, 0.2) is 0 Å². The molecule has 0 unspecified atom stereocenters. The van der Waals surface area contributed by atoms with Crippen LogP contribution in [0.3, 0.4) is 0 Å². The maximum absolute atomic E-state index is 7.58. The second kappa shape index (κ2) is 4.72. The predicted octanol–water partition coefficient (Wildman–Crippen LogP) is 0.0628. The van der Waals surface area contributed by atoms with Gasteiger partial charge in [-0.25, -0.2) is 0 Å². The van der Waals surface area contributed by atoms with E-state index in [1.54, 1.807) is 0 Å². The Bertz CT molecular complexity index is 15.1. The fourth-order valence-corrected chi connectivity index (χ4v) is 0.306. The van der Waals surface area contributed by atoms with Crippen molar-refractivity contribution in [3.8, 4) is 0 Å². The van der Waals surface area contributed by atoms with E-state index in [9.17, 15) is 0 Å². The van der Waals surface area contributed by atoms with Crippen LogP contribution in [0.5, 0.6) is 0 Å². The van der Waals surface area contributed by atoms with Crippen molar-refractivity contribution in [3.05, 3.63) is 0 Å². The average molecular weight is 180 g/mol. The molecule has 2 nitrogen and oxygen atoms in total. The quantitative estimate of drug-likeness (QED) is 0.369. The Hall–Kier alpha value is 0.719. The van der Waals surface area contributed by atoms with Crippen molar-refractivity contribution >= 4 is 22.5 Å². The topological polar surface area (TPSA) is 29.5 Å². The van der Waals surface area contributed by atoms with Crippen molar-refractivity contribution in [2.45, 2.75) is 4.44 Å². The van der Waals surface area contributed by atoms with Crippen LogP contribution in [0.2, 0.25) is 4.44 Å². The van der Waals surface area contributed by atoms with Gasteiger partial charge in [0.15, 0.2) is 0 Å².